The van der Waals surface area contributed by atoms with Crippen molar-refractivity contribution in [2.24, 2.45) is 0 Å². The summed E-state index contributed by atoms with van der Waals surface area (Å²) in [6.45, 7) is 2.81. The molecule has 3 rings (SSSR count). The third-order valence-electron chi connectivity index (χ3n) is 3.87. The molecule has 0 amide bonds. The highest BCUT2D eigenvalue weighted by Gasteiger charge is 2.54. The highest BCUT2D eigenvalue weighted by molar-refractivity contribution is 5.70. The highest BCUT2D eigenvalue weighted by Crippen LogP contribution is 2.40. The minimum absolute atomic E-state index is 0.0311. The van der Waals surface area contributed by atoms with Gasteiger partial charge in [0.1, 0.15) is 17.8 Å². The molecule has 22 heavy (non-hydrogen) atoms. The number of aromatic amines is 1. The second kappa shape index (κ2) is 4.74. The minimum atomic E-state index is -1.71. The smallest absolute Gasteiger partial charge is 0.280 e. The maximum atomic E-state index is 11.8. The summed E-state index contributed by atoms with van der Waals surface area (Å²) < 4.78 is 6.87. The molecule has 1 unspecified atom stereocenters. The van der Waals surface area contributed by atoms with E-state index >= 15 is 0 Å². The zero-order valence-corrected chi connectivity index (χ0v) is 12.0. The Labute approximate surface area is 124 Å². The number of hydrogen-bond acceptors (Lipinski definition) is 8. The number of rotatable bonds is 2. The molecule has 0 saturated carbocycles. The van der Waals surface area contributed by atoms with E-state index in [0.29, 0.717) is 0 Å². The molecule has 0 radical (unpaired) electrons. The van der Waals surface area contributed by atoms with E-state index in [1.807, 2.05) is 0 Å². The number of ether oxygens (including phenoxy) is 1. The van der Waals surface area contributed by atoms with Crippen molar-refractivity contribution in [2.45, 2.75) is 44.0 Å². The van der Waals surface area contributed by atoms with Crippen molar-refractivity contribution in [1.29, 1.82) is 0 Å². The Morgan fingerprint density at radius 1 is 1.59 bits per heavy atom. The van der Waals surface area contributed by atoms with Gasteiger partial charge in [-0.3, -0.25) is 14.3 Å². The molecule has 2 aromatic rings. The molecule has 10 heteroatoms. The number of aromatic nitrogens is 4. The molecule has 0 spiro atoms. The predicted molar refractivity (Wildman–Crippen MR) is 74.8 cm³/mol. The molecule has 1 aliphatic heterocycles. The van der Waals surface area contributed by atoms with E-state index in [0.717, 1.165) is 0 Å². The van der Waals surface area contributed by atoms with Gasteiger partial charge in [-0.15, -0.1) is 0 Å². The maximum Gasteiger partial charge on any atom is 0.280 e. The number of nitrogens with one attached hydrogen (secondary N) is 1. The normalized spacial score (nSPS) is 33.4. The van der Waals surface area contributed by atoms with Crippen LogP contribution in [0.3, 0.4) is 0 Å². The Morgan fingerprint density at radius 2 is 2.27 bits per heavy atom. The third kappa shape index (κ3) is 2.00. The van der Waals surface area contributed by atoms with Crippen LogP contribution in [0.5, 0.6) is 0 Å². The van der Waals surface area contributed by atoms with Gasteiger partial charge in [0.2, 0.25) is 5.95 Å². The van der Waals surface area contributed by atoms with E-state index in [1.165, 1.54) is 24.7 Å². The molecule has 1 saturated heterocycles. The van der Waals surface area contributed by atoms with Crippen LogP contribution in [0.15, 0.2) is 11.1 Å². The Kier molecular flexibility index (Phi) is 3.22. The Bertz CT molecular complexity index is 767. The van der Waals surface area contributed by atoms with E-state index in [1.54, 1.807) is 0 Å². The van der Waals surface area contributed by atoms with E-state index in [2.05, 4.69) is 15.0 Å². The van der Waals surface area contributed by atoms with Gasteiger partial charge in [0.25, 0.3) is 5.56 Å². The van der Waals surface area contributed by atoms with E-state index in [4.69, 9.17) is 10.5 Å². The molecule has 3 heterocycles. The van der Waals surface area contributed by atoms with E-state index in [9.17, 15) is 20.1 Å². The molecular weight excluding hydrogens is 294 g/mol. The van der Waals surface area contributed by atoms with Crippen LogP contribution < -0.4 is 11.3 Å². The van der Waals surface area contributed by atoms with Gasteiger partial charge in [-0.05, 0) is 13.8 Å². The summed E-state index contributed by atoms with van der Waals surface area (Å²) in [7, 11) is 0. The SMILES string of the molecule is CC(O)[C@H]1O[C@@H](n2cnc3c(=O)[nH]c(N)nc32)[C@](C)(O)[C@@H]1O. The lowest BCUT2D eigenvalue weighted by Gasteiger charge is -2.27. The monoisotopic (exact) mass is 311 g/mol. The summed E-state index contributed by atoms with van der Waals surface area (Å²) in [6, 6.07) is 0. The molecule has 0 bridgehead atoms. The Hall–Kier alpha value is -2.01. The lowest BCUT2D eigenvalue weighted by molar-refractivity contribution is -0.0987. The fraction of sp³-hybridized carbons (Fsp3) is 0.583. The zero-order valence-electron chi connectivity index (χ0n) is 12.0. The minimum Gasteiger partial charge on any atom is -0.391 e. The summed E-state index contributed by atoms with van der Waals surface area (Å²) in [5.74, 6) is -0.107. The molecular formula is C12H17N5O5. The second-order valence-corrected chi connectivity index (χ2v) is 5.64. The number of nitrogens with two attached hydrogens (primary N) is 1. The first-order chi connectivity index (χ1) is 10.2. The van der Waals surface area contributed by atoms with Crippen molar-refractivity contribution in [1.82, 2.24) is 19.5 Å². The van der Waals surface area contributed by atoms with E-state index < -0.39 is 35.7 Å². The molecule has 2 aromatic heterocycles. The fourth-order valence-corrected chi connectivity index (χ4v) is 2.68. The van der Waals surface area contributed by atoms with Crippen molar-refractivity contribution in [3.05, 3.63) is 16.7 Å². The van der Waals surface area contributed by atoms with Gasteiger partial charge < -0.3 is 25.8 Å². The van der Waals surface area contributed by atoms with Crippen molar-refractivity contribution in [3.63, 3.8) is 0 Å². The first kappa shape index (κ1) is 14.9. The van der Waals surface area contributed by atoms with Gasteiger partial charge in [-0.25, -0.2) is 4.98 Å². The van der Waals surface area contributed by atoms with Gasteiger partial charge in [-0.2, -0.15) is 4.98 Å². The number of fused-ring (bicyclic) bond motifs is 1. The quantitative estimate of drug-likeness (QED) is 0.429. The first-order valence-corrected chi connectivity index (χ1v) is 6.69. The number of anilines is 1. The zero-order chi connectivity index (χ0) is 16.2. The van der Waals surface area contributed by atoms with Crippen LogP contribution in [-0.2, 0) is 4.74 Å². The number of hydrogen-bond donors (Lipinski definition) is 5. The maximum absolute atomic E-state index is 11.8. The predicted octanol–water partition coefficient (Wildman–Crippen LogP) is -1.91. The van der Waals surface area contributed by atoms with Crippen LogP contribution in [0.1, 0.15) is 20.1 Å². The number of nitrogens with zero attached hydrogens (tertiary/aromatic N) is 3. The second-order valence-electron chi connectivity index (χ2n) is 5.64. The standard InChI is InChI=1S/C12H17N5O5/c1-4(18)6-7(19)12(2,21)10(22-6)17-3-14-5-8(17)15-11(13)16-9(5)20/h3-4,6-7,10,18-19,21H,1-2H3,(H3,13,15,16,20)/t4?,6-,7-,10-,12-/m1/s1. The van der Waals surface area contributed by atoms with Crippen molar-refractivity contribution in [3.8, 4) is 0 Å². The highest BCUT2D eigenvalue weighted by atomic mass is 16.6. The number of nitrogen functional groups attached to an aromatic ring is 1. The lowest BCUT2D eigenvalue weighted by Crippen LogP contribution is -2.45. The molecule has 0 aliphatic carbocycles. The van der Waals surface area contributed by atoms with Crippen LogP contribution in [-0.4, -0.2) is 58.8 Å². The number of H-pyrrole nitrogens is 1. The average Bonchev–Trinajstić information content (AvgIpc) is 2.91. The van der Waals surface area contributed by atoms with Crippen molar-refractivity contribution in [2.75, 3.05) is 5.73 Å². The molecule has 10 nitrogen and oxygen atoms in total. The molecule has 0 aromatic carbocycles. The summed E-state index contributed by atoms with van der Waals surface area (Å²) in [5.41, 5.74) is 3.43. The van der Waals surface area contributed by atoms with Crippen molar-refractivity contribution >= 4 is 17.1 Å². The van der Waals surface area contributed by atoms with Gasteiger partial charge in [0.05, 0.1) is 12.4 Å². The van der Waals surface area contributed by atoms with Gasteiger partial charge in [0.15, 0.2) is 17.4 Å². The summed E-state index contributed by atoms with van der Waals surface area (Å²) in [4.78, 5) is 22.0. The molecule has 1 aliphatic rings. The van der Waals surface area contributed by atoms with Crippen LogP contribution >= 0.6 is 0 Å². The molecule has 1 fully saturated rings. The number of imidazole rings is 1. The largest absolute Gasteiger partial charge is 0.391 e. The fourth-order valence-electron chi connectivity index (χ4n) is 2.68. The Balaban J connectivity index is 2.13. The van der Waals surface area contributed by atoms with Gasteiger partial charge in [0, 0.05) is 0 Å². The van der Waals surface area contributed by atoms with Crippen LogP contribution in [0.2, 0.25) is 0 Å². The number of aliphatic hydroxyl groups is 3. The van der Waals surface area contributed by atoms with Gasteiger partial charge >= 0.3 is 0 Å². The lowest BCUT2D eigenvalue weighted by atomic mass is 9.94. The van der Waals surface area contributed by atoms with Gasteiger partial charge in [-0.1, -0.05) is 0 Å². The topological polar surface area (TPSA) is 160 Å². The summed E-state index contributed by atoms with van der Waals surface area (Å²) in [5, 5.41) is 30.3. The average molecular weight is 311 g/mol. The van der Waals surface area contributed by atoms with Crippen LogP contribution in [0.25, 0.3) is 11.2 Å². The molecule has 5 atom stereocenters. The first-order valence-electron chi connectivity index (χ1n) is 6.69. The Morgan fingerprint density at radius 3 is 2.86 bits per heavy atom. The van der Waals surface area contributed by atoms with Crippen molar-refractivity contribution < 1.29 is 20.1 Å². The van der Waals surface area contributed by atoms with Crippen LogP contribution in [0.4, 0.5) is 5.95 Å². The molecule has 120 valence electrons. The third-order valence-corrected chi connectivity index (χ3v) is 3.87. The summed E-state index contributed by atoms with van der Waals surface area (Å²) in [6.07, 6.45) is -3.13. The van der Waals surface area contributed by atoms with E-state index in [-0.39, 0.29) is 17.1 Å². The molecule has 6 N–H and O–H groups in total. The summed E-state index contributed by atoms with van der Waals surface area (Å²) >= 11 is 0. The van der Waals surface area contributed by atoms with Crippen LogP contribution in [0, 0.1) is 0 Å². The number of aliphatic hydroxyl groups excluding tert-OH is 2.